The van der Waals surface area contributed by atoms with E-state index in [1.165, 1.54) is 96.3 Å². The van der Waals surface area contributed by atoms with Crippen molar-refractivity contribution >= 4 is 5.97 Å². The average molecular weight is 610 g/mol. The number of esters is 1. The van der Waals surface area contributed by atoms with Gasteiger partial charge in [-0.05, 0) is 104 Å². The molecule has 0 saturated heterocycles. The first-order chi connectivity index (χ1) is 21.6. The Morgan fingerprint density at radius 2 is 1.16 bits per heavy atom. The quantitative estimate of drug-likeness (QED) is 0.0502. The smallest absolute Gasteiger partial charge is 0.310 e. The molecule has 0 heterocycles. The fourth-order valence-electron chi connectivity index (χ4n) is 6.34. The van der Waals surface area contributed by atoms with E-state index < -0.39 is 0 Å². The van der Waals surface area contributed by atoms with Gasteiger partial charge in [-0.3, -0.25) is 4.79 Å². The Balaban J connectivity index is 2.30. The van der Waals surface area contributed by atoms with Crippen LogP contribution in [0.2, 0.25) is 0 Å². The maximum atomic E-state index is 13.3. The highest BCUT2D eigenvalue weighted by Crippen LogP contribution is 2.29. The van der Waals surface area contributed by atoms with Gasteiger partial charge >= 0.3 is 5.97 Å². The van der Waals surface area contributed by atoms with Crippen LogP contribution in [0.25, 0.3) is 0 Å². The van der Waals surface area contributed by atoms with Crippen molar-refractivity contribution in [3.8, 4) is 0 Å². The summed E-state index contributed by atoms with van der Waals surface area (Å²) in [5, 5.41) is 0. The van der Waals surface area contributed by atoms with E-state index in [4.69, 9.17) is 4.74 Å². The molecule has 3 nitrogen and oxygen atoms in total. The van der Waals surface area contributed by atoms with Crippen molar-refractivity contribution in [1.82, 2.24) is 4.90 Å². The van der Waals surface area contributed by atoms with Gasteiger partial charge in [-0.15, -0.1) is 6.58 Å². The highest BCUT2D eigenvalue weighted by molar-refractivity contribution is 5.73. The zero-order valence-electron chi connectivity index (χ0n) is 29.4. The number of ether oxygens (including phenoxy) is 1. The zero-order chi connectivity index (χ0) is 31.9. The van der Waals surface area contributed by atoms with Crippen LogP contribution in [0.1, 0.15) is 161 Å². The minimum absolute atomic E-state index is 0.0507. The van der Waals surface area contributed by atoms with Crippen LogP contribution >= 0.6 is 0 Å². The van der Waals surface area contributed by atoms with Crippen LogP contribution in [-0.4, -0.2) is 37.1 Å². The maximum Gasteiger partial charge on any atom is 0.310 e. The Morgan fingerprint density at radius 1 is 0.682 bits per heavy atom. The van der Waals surface area contributed by atoms with Crippen molar-refractivity contribution in [1.29, 1.82) is 0 Å². The maximum absolute atomic E-state index is 13.3. The highest BCUT2D eigenvalue weighted by atomic mass is 16.5. The fraction of sp³-hybridized carbons (Fsp3) is 0.732. The first-order valence-corrected chi connectivity index (χ1v) is 18.7. The van der Waals surface area contributed by atoms with E-state index in [1.54, 1.807) is 0 Å². The molecule has 0 spiro atoms. The fourth-order valence-corrected chi connectivity index (χ4v) is 6.34. The summed E-state index contributed by atoms with van der Waals surface area (Å²) in [7, 11) is 4.24. The SMILES string of the molecule is C=CC/C=C\CCCCCCCCC(CCCCCCCC/C=C\C/C=C\C/C=C\CC)OC(=O)C1CCCCC1N(C)C. The van der Waals surface area contributed by atoms with Crippen LogP contribution in [0.3, 0.4) is 0 Å². The summed E-state index contributed by atoms with van der Waals surface area (Å²) >= 11 is 0. The molecule has 0 N–H and O–H groups in total. The molecule has 1 saturated carbocycles. The number of rotatable bonds is 28. The van der Waals surface area contributed by atoms with Crippen LogP contribution in [0.15, 0.2) is 61.3 Å². The molecule has 252 valence electrons. The minimum atomic E-state index is 0.0507. The minimum Gasteiger partial charge on any atom is -0.462 e. The van der Waals surface area contributed by atoms with Crippen LogP contribution in [0.4, 0.5) is 0 Å². The third-order valence-electron chi connectivity index (χ3n) is 9.02. The topological polar surface area (TPSA) is 29.5 Å². The van der Waals surface area contributed by atoms with Gasteiger partial charge in [0, 0.05) is 6.04 Å². The van der Waals surface area contributed by atoms with Gasteiger partial charge in [-0.25, -0.2) is 0 Å². The molecular weight excluding hydrogens is 538 g/mol. The number of nitrogens with zero attached hydrogens (tertiary/aromatic N) is 1. The molecule has 0 aromatic carbocycles. The molecule has 0 radical (unpaired) electrons. The summed E-state index contributed by atoms with van der Waals surface area (Å²) in [6.45, 7) is 5.94. The van der Waals surface area contributed by atoms with E-state index in [1.807, 2.05) is 6.08 Å². The predicted octanol–water partition coefficient (Wildman–Crippen LogP) is 12.3. The van der Waals surface area contributed by atoms with Crippen molar-refractivity contribution in [3.05, 3.63) is 61.3 Å². The summed E-state index contributed by atoms with van der Waals surface area (Å²) in [6.07, 6.45) is 48.7. The van der Waals surface area contributed by atoms with Crippen LogP contribution < -0.4 is 0 Å². The molecule has 3 heteroatoms. The second-order valence-electron chi connectivity index (χ2n) is 13.2. The van der Waals surface area contributed by atoms with E-state index in [0.717, 1.165) is 57.8 Å². The average Bonchev–Trinajstić information content (AvgIpc) is 3.03. The van der Waals surface area contributed by atoms with Crippen molar-refractivity contribution in [2.75, 3.05) is 14.1 Å². The van der Waals surface area contributed by atoms with Gasteiger partial charge in [0.2, 0.25) is 0 Å². The molecule has 1 aliphatic rings. The van der Waals surface area contributed by atoms with Gasteiger partial charge < -0.3 is 9.64 Å². The third-order valence-corrected chi connectivity index (χ3v) is 9.02. The largest absolute Gasteiger partial charge is 0.462 e. The lowest BCUT2D eigenvalue weighted by atomic mass is 9.84. The highest BCUT2D eigenvalue weighted by Gasteiger charge is 2.34. The second kappa shape index (κ2) is 29.8. The Labute approximate surface area is 274 Å². The van der Waals surface area contributed by atoms with Gasteiger partial charge in [0.1, 0.15) is 6.10 Å². The van der Waals surface area contributed by atoms with E-state index in [-0.39, 0.29) is 18.0 Å². The van der Waals surface area contributed by atoms with Crippen molar-refractivity contribution in [2.24, 2.45) is 5.92 Å². The number of hydrogen-bond acceptors (Lipinski definition) is 3. The molecule has 0 aromatic heterocycles. The lowest BCUT2D eigenvalue weighted by Crippen LogP contribution is -2.43. The molecular formula is C41H71NO2. The summed E-state index contributed by atoms with van der Waals surface area (Å²) in [5.41, 5.74) is 0. The number of unbranched alkanes of at least 4 members (excludes halogenated alkanes) is 12. The van der Waals surface area contributed by atoms with E-state index in [2.05, 4.69) is 81.1 Å². The van der Waals surface area contributed by atoms with Gasteiger partial charge in [0.15, 0.2) is 0 Å². The Hall–Kier alpha value is -1.87. The second-order valence-corrected chi connectivity index (χ2v) is 13.2. The molecule has 0 amide bonds. The van der Waals surface area contributed by atoms with E-state index in [0.29, 0.717) is 6.04 Å². The van der Waals surface area contributed by atoms with Crippen molar-refractivity contribution < 1.29 is 9.53 Å². The van der Waals surface area contributed by atoms with Gasteiger partial charge in [-0.1, -0.05) is 126 Å². The van der Waals surface area contributed by atoms with Gasteiger partial charge in [0.25, 0.3) is 0 Å². The molecule has 1 fully saturated rings. The standard InChI is InChI=1S/C41H71NO2/c1-5-7-9-11-13-15-17-18-19-20-21-23-25-27-29-31-35-38(34-30-28-26-24-22-16-14-12-10-8-6-2)44-41(43)39-36-32-33-37-40(39)42(3)4/h6-7,9-10,12-13,15,18-19,38-40H,2,5,8,11,14,16-17,20-37H2,1,3-4H3/b9-7-,12-10-,15-13-,19-18-. The molecule has 1 aliphatic carbocycles. The number of hydrogen-bond donors (Lipinski definition) is 0. The Kier molecular flexibility index (Phi) is 27.2. The molecule has 44 heavy (non-hydrogen) atoms. The Bertz CT molecular complexity index is 792. The van der Waals surface area contributed by atoms with Gasteiger partial charge in [-0.2, -0.15) is 0 Å². The van der Waals surface area contributed by atoms with Crippen molar-refractivity contribution in [2.45, 2.75) is 173 Å². The lowest BCUT2D eigenvalue weighted by Gasteiger charge is -2.35. The summed E-state index contributed by atoms with van der Waals surface area (Å²) in [4.78, 5) is 15.6. The summed E-state index contributed by atoms with van der Waals surface area (Å²) in [6, 6.07) is 0.336. The van der Waals surface area contributed by atoms with E-state index >= 15 is 0 Å². The van der Waals surface area contributed by atoms with Crippen molar-refractivity contribution in [3.63, 3.8) is 0 Å². The monoisotopic (exact) mass is 610 g/mol. The number of allylic oxidation sites excluding steroid dienone is 9. The zero-order valence-corrected chi connectivity index (χ0v) is 29.4. The number of carbonyl (C=O) groups excluding carboxylic acids is 1. The normalized spacial score (nSPS) is 18.4. The van der Waals surface area contributed by atoms with Crippen LogP contribution in [0, 0.1) is 5.92 Å². The molecule has 0 aromatic rings. The molecule has 1 rings (SSSR count). The molecule has 3 unspecified atom stereocenters. The lowest BCUT2D eigenvalue weighted by molar-refractivity contribution is -0.158. The molecule has 3 atom stereocenters. The Morgan fingerprint density at radius 3 is 1.70 bits per heavy atom. The third kappa shape index (κ3) is 22.6. The van der Waals surface area contributed by atoms with E-state index in [9.17, 15) is 4.79 Å². The first kappa shape index (κ1) is 40.2. The summed E-state index contributed by atoms with van der Waals surface area (Å²) < 4.78 is 6.29. The van der Waals surface area contributed by atoms with Crippen LogP contribution in [-0.2, 0) is 9.53 Å². The van der Waals surface area contributed by atoms with Gasteiger partial charge in [0.05, 0.1) is 5.92 Å². The summed E-state index contributed by atoms with van der Waals surface area (Å²) in [5.74, 6) is 0.129. The predicted molar refractivity (Wildman–Crippen MR) is 194 cm³/mol. The first-order valence-electron chi connectivity index (χ1n) is 18.7. The number of carbonyl (C=O) groups is 1. The molecule has 0 bridgehead atoms. The van der Waals surface area contributed by atoms with Crippen LogP contribution in [0.5, 0.6) is 0 Å². The molecule has 0 aliphatic heterocycles.